The lowest BCUT2D eigenvalue weighted by molar-refractivity contribution is 0.411. The van der Waals surface area contributed by atoms with E-state index in [0.717, 1.165) is 11.1 Å². The van der Waals surface area contributed by atoms with E-state index in [1.807, 2.05) is 18.2 Å². The van der Waals surface area contributed by atoms with E-state index < -0.39 is 0 Å². The molecule has 18 heavy (non-hydrogen) atoms. The molecule has 0 atom stereocenters. The van der Waals surface area contributed by atoms with E-state index in [2.05, 4.69) is 20.6 Å². The molecule has 7 nitrogen and oxygen atoms in total. The lowest BCUT2D eigenvalue weighted by Gasteiger charge is -2.00. The normalized spacial score (nSPS) is 10.8. The second-order valence-electron chi connectivity index (χ2n) is 3.58. The Morgan fingerprint density at radius 1 is 1.22 bits per heavy atom. The van der Waals surface area contributed by atoms with Gasteiger partial charge in [-0.25, -0.2) is 5.10 Å². The van der Waals surface area contributed by atoms with E-state index in [0.29, 0.717) is 22.9 Å². The predicted octanol–water partition coefficient (Wildman–Crippen LogP) is 1.63. The number of fused-ring (bicyclic) bond motifs is 1. The van der Waals surface area contributed by atoms with Crippen molar-refractivity contribution in [2.75, 3.05) is 14.2 Å². The van der Waals surface area contributed by atoms with Crippen LogP contribution in [0, 0.1) is 0 Å². The van der Waals surface area contributed by atoms with E-state index in [-0.39, 0.29) is 0 Å². The molecule has 2 aromatic heterocycles. The summed E-state index contributed by atoms with van der Waals surface area (Å²) < 4.78 is 16.2. The quantitative estimate of drug-likeness (QED) is 0.755. The van der Waals surface area contributed by atoms with Crippen molar-refractivity contribution in [3.05, 3.63) is 18.2 Å². The summed E-state index contributed by atoms with van der Waals surface area (Å²) in [5.41, 5.74) is 0.680. The lowest BCUT2D eigenvalue weighted by atomic mass is 10.2. The van der Waals surface area contributed by atoms with Crippen LogP contribution in [0.1, 0.15) is 0 Å². The van der Waals surface area contributed by atoms with Crippen LogP contribution in [0.25, 0.3) is 22.6 Å². The van der Waals surface area contributed by atoms with Crippen LogP contribution in [-0.2, 0) is 0 Å². The molecule has 0 spiro atoms. The molecule has 0 aliphatic carbocycles. The average molecular weight is 246 g/mol. The summed E-state index contributed by atoms with van der Waals surface area (Å²) >= 11 is 0. The zero-order valence-corrected chi connectivity index (χ0v) is 9.80. The van der Waals surface area contributed by atoms with Crippen molar-refractivity contribution in [3.63, 3.8) is 0 Å². The van der Waals surface area contributed by atoms with E-state index in [4.69, 9.17) is 13.9 Å². The fraction of sp³-hybridized carbons (Fsp3) is 0.182. The van der Waals surface area contributed by atoms with E-state index in [9.17, 15) is 0 Å². The number of aromatic amines is 1. The van der Waals surface area contributed by atoms with Gasteiger partial charge >= 0.3 is 0 Å². The molecule has 1 N–H and O–H groups in total. The number of benzene rings is 1. The summed E-state index contributed by atoms with van der Waals surface area (Å²) in [4.78, 5) is 0. The molecule has 0 amide bonds. The third kappa shape index (κ3) is 1.48. The standard InChI is InChI=1S/C11H10N4O3/c1-16-6-3-4-8-7(5-6)9(17-2)10(18-8)11-12-14-15-13-11/h3-5H,1-2H3,(H,12,13,14,15). The Labute approximate surface area is 102 Å². The van der Waals surface area contributed by atoms with Gasteiger partial charge in [0, 0.05) is 0 Å². The van der Waals surface area contributed by atoms with Crippen LogP contribution in [0.15, 0.2) is 22.6 Å². The van der Waals surface area contributed by atoms with Gasteiger partial charge in [-0.15, -0.1) is 5.10 Å². The molecule has 0 aliphatic rings. The maximum atomic E-state index is 5.68. The van der Waals surface area contributed by atoms with Crippen LogP contribution >= 0.6 is 0 Å². The smallest absolute Gasteiger partial charge is 0.219 e. The Morgan fingerprint density at radius 2 is 2.11 bits per heavy atom. The van der Waals surface area contributed by atoms with E-state index in [1.54, 1.807) is 14.2 Å². The molecular weight excluding hydrogens is 236 g/mol. The number of nitrogens with one attached hydrogen (secondary N) is 1. The van der Waals surface area contributed by atoms with Crippen LogP contribution in [0.5, 0.6) is 11.5 Å². The average Bonchev–Trinajstić information content (AvgIpc) is 3.04. The van der Waals surface area contributed by atoms with E-state index >= 15 is 0 Å². The highest BCUT2D eigenvalue weighted by Gasteiger charge is 2.19. The highest BCUT2D eigenvalue weighted by molar-refractivity contribution is 5.91. The minimum Gasteiger partial charge on any atom is -0.497 e. The molecule has 7 heteroatoms. The monoisotopic (exact) mass is 246 g/mol. The van der Waals surface area contributed by atoms with Gasteiger partial charge in [0.05, 0.1) is 19.6 Å². The first-order chi connectivity index (χ1) is 8.83. The Bertz CT molecular complexity index is 675. The van der Waals surface area contributed by atoms with Gasteiger partial charge in [-0.3, -0.25) is 0 Å². The van der Waals surface area contributed by atoms with Gasteiger partial charge in [0.2, 0.25) is 11.6 Å². The van der Waals surface area contributed by atoms with Crippen molar-refractivity contribution in [2.24, 2.45) is 0 Å². The molecule has 0 fully saturated rings. The molecule has 0 saturated carbocycles. The third-order valence-corrected chi connectivity index (χ3v) is 2.61. The SMILES string of the molecule is COc1ccc2oc(-c3nnn[nH]3)c(OC)c2c1. The molecule has 0 radical (unpaired) electrons. The zero-order chi connectivity index (χ0) is 12.5. The first-order valence-electron chi connectivity index (χ1n) is 5.22. The summed E-state index contributed by atoms with van der Waals surface area (Å²) in [6, 6.07) is 5.46. The minimum atomic E-state index is 0.419. The number of aromatic nitrogens is 4. The number of hydrogen-bond acceptors (Lipinski definition) is 6. The first kappa shape index (κ1) is 10.6. The zero-order valence-electron chi connectivity index (χ0n) is 9.80. The van der Waals surface area contributed by atoms with Gasteiger partial charge in [0.15, 0.2) is 5.75 Å². The maximum absolute atomic E-state index is 5.68. The number of H-pyrrole nitrogens is 1. The lowest BCUT2D eigenvalue weighted by Crippen LogP contribution is -1.86. The largest absolute Gasteiger partial charge is 0.497 e. The van der Waals surface area contributed by atoms with Crippen LogP contribution in [0.3, 0.4) is 0 Å². The number of ether oxygens (including phenoxy) is 2. The van der Waals surface area contributed by atoms with Crippen LogP contribution in [0.2, 0.25) is 0 Å². The van der Waals surface area contributed by atoms with Crippen LogP contribution in [-0.4, -0.2) is 34.8 Å². The minimum absolute atomic E-state index is 0.419. The molecule has 2 heterocycles. The molecule has 3 aromatic rings. The third-order valence-electron chi connectivity index (χ3n) is 2.61. The number of rotatable bonds is 3. The number of hydrogen-bond donors (Lipinski definition) is 1. The Hall–Kier alpha value is -2.57. The van der Waals surface area contributed by atoms with Gasteiger partial charge in [0.1, 0.15) is 11.3 Å². The predicted molar refractivity (Wildman–Crippen MR) is 62.5 cm³/mol. The van der Waals surface area contributed by atoms with Crippen LogP contribution < -0.4 is 9.47 Å². The van der Waals surface area contributed by atoms with Crippen molar-refractivity contribution < 1.29 is 13.9 Å². The Balaban J connectivity index is 2.27. The molecule has 0 aliphatic heterocycles. The highest BCUT2D eigenvalue weighted by Crippen LogP contribution is 2.39. The van der Waals surface area contributed by atoms with Gasteiger partial charge in [-0.1, -0.05) is 0 Å². The number of furan rings is 1. The van der Waals surface area contributed by atoms with E-state index in [1.165, 1.54) is 0 Å². The summed E-state index contributed by atoms with van der Waals surface area (Å²) in [6.07, 6.45) is 0. The Kier molecular flexibility index (Phi) is 2.36. The topological polar surface area (TPSA) is 86.1 Å². The van der Waals surface area contributed by atoms with Crippen molar-refractivity contribution in [2.45, 2.75) is 0 Å². The second kappa shape index (κ2) is 4.02. The van der Waals surface area contributed by atoms with Gasteiger partial charge in [-0.05, 0) is 28.6 Å². The molecule has 3 rings (SSSR count). The van der Waals surface area contributed by atoms with Crippen molar-refractivity contribution in [1.82, 2.24) is 20.6 Å². The first-order valence-corrected chi connectivity index (χ1v) is 5.22. The summed E-state index contributed by atoms with van der Waals surface area (Å²) in [6.45, 7) is 0. The van der Waals surface area contributed by atoms with Crippen molar-refractivity contribution in [3.8, 4) is 23.1 Å². The highest BCUT2D eigenvalue weighted by atomic mass is 16.5. The molecule has 0 bridgehead atoms. The van der Waals surface area contributed by atoms with Gasteiger partial charge in [-0.2, -0.15) is 0 Å². The van der Waals surface area contributed by atoms with Crippen molar-refractivity contribution in [1.29, 1.82) is 0 Å². The van der Waals surface area contributed by atoms with Gasteiger partial charge in [0.25, 0.3) is 0 Å². The molecule has 92 valence electrons. The summed E-state index contributed by atoms with van der Waals surface area (Å²) in [5.74, 6) is 2.18. The number of tetrazole rings is 1. The Morgan fingerprint density at radius 3 is 2.78 bits per heavy atom. The maximum Gasteiger partial charge on any atom is 0.219 e. The second-order valence-corrected chi connectivity index (χ2v) is 3.58. The van der Waals surface area contributed by atoms with Gasteiger partial charge < -0.3 is 13.9 Å². The molecule has 1 aromatic carbocycles. The van der Waals surface area contributed by atoms with Crippen LogP contribution in [0.4, 0.5) is 0 Å². The number of nitrogens with zero attached hydrogens (tertiary/aromatic N) is 3. The summed E-state index contributed by atoms with van der Waals surface area (Å²) in [7, 11) is 3.17. The fourth-order valence-electron chi connectivity index (χ4n) is 1.80. The molecule has 0 saturated heterocycles. The molecule has 0 unspecified atom stereocenters. The summed E-state index contributed by atoms with van der Waals surface area (Å²) in [5, 5.41) is 14.3. The van der Waals surface area contributed by atoms with Crippen molar-refractivity contribution >= 4 is 11.0 Å². The number of methoxy groups -OCH3 is 2. The fourth-order valence-corrected chi connectivity index (χ4v) is 1.80. The molecular formula is C11H10N4O3.